The molecule has 0 bridgehead atoms. The zero-order valence-corrected chi connectivity index (χ0v) is 12.0. The largest absolute Gasteiger partial charge is 0.393 e. The second-order valence-electron chi connectivity index (χ2n) is 5.06. The summed E-state index contributed by atoms with van der Waals surface area (Å²) in [6.45, 7) is 3.18. The molecular weight excluding hydrogens is 283 g/mol. The second-order valence-corrected chi connectivity index (χ2v) is 5.46. The maximum Gasteiger partial charge on any atom is 0.241 e. The molecule has 1 unspecified atom stereocenters. The van der Waals surface area contributed by atoms with Crippen LogP contribution in [0.1, 0.15) is 19.8 Å². The van der Waals surface area contributed by atoms with Gasteiger partial charge in [0.15, 0.2) is 0 Å². The Bertz CT molecular complexity index is 490. The molecule has 1 saturated heterocycles. The highest BCUT2D eigenvalue weighted by atomic mass is 35.5. The monoisotopic (exact) mass is 300 g/mol. The van der Waals surface area contributed by atoms with Crippen LogP contribution in [0.2, 0.25) is 5.02 Å². The van der Waals surface area contributed by atoms with Crippen LogP contribution in [-0.4, -0.2) is 41.1 Å². The van der Waals surface area contributed by atoms with E-state index in [9.17, 15) is 14.3 Å². The third-order valence-corrected chi connectivity index (χ3v) is 3.93. The van der Waals surface area contributed by atoms with E-state index in [-0.39, 0.29) is 23.1 Å². The molecule has 2 rings (SSSR count). The third-order valence-electron chi connectivity index (χ3n) is 3.62. The van der Waals surface area contributed by atoms with Gasteiger partial charge in [-0.1, -0.05) is 11.6 Å². The van der Waals surface area contributed by atoms with Crippen LogP contribution in [0, 0.1) is 5.82 Å². The number of hydrogen-bond donors (Lipinski definition) is 2. The number of aliphatic hydroxyl groups is 1. The highest BCUT2D eigenvalue weighted by Gasteiger charge is 2.26. The van der Waals surface area contributed by atoms with Gasteiger partial charge in [-0.3, -0.25) is 9.69 Å². The lowest BCUT2D eigenvalue weighted by Crippen LogP contribution is -2.47. The number of likely N-dealkylation sites (tertiary alicyclic amines) is 1. The first-order valence-corrected chi connectivity index (χ1v) is 7.03. The Balaban J connectivity index is 1.97. The maximum atomic E-state index is 12.9. The van der Waals surface area contributed by atoms with E-state index in [2.05, 4.69) is 5.32 Å². The van der Waals surface area contributed by atoms with Gasteiger partial charge >= 0.3 is 0 Å². The van der Waals surface area contributed by atoms with Crippen LogP contribution in [0.25, 0.3) is 0 Å². The maximum absolute atomic E-state index is 12.9. The number of benzene rings is 1. The molecule has 1 aromatic rings. The van der Waals surface area contributed by atoms with Crippen molar-refractivity contribution in [2.45, 2.75) is 31.9 Å². The first-order chi connectivity index (χ1) is 9.47. The fourth-order valence-electron chi connectivity index (χ4n) is 2.27. The Kier molecular flexibility index (Phi) is 4.96. The summed E-state index contributed by atoms with van der Waals surface area (Å²) in [5.74, 6) is -0.624. The first kappa shape index (κ1) is 15.2. The van der Waals surface area contributed by atoms with Crippen LogP contribution in [0.3, 0.4) is 0 Å². The topological polar surface area (TPSA) is 52.6 Å². The molecule has 2 N–H and O–H groups in total. The predicted octanol–water partition coefficient (Wildman–Crippen LogP) is 2.26. The van der Waals surface area contributed by atoms with E-state index in [1.165, 1.54) is 18.2 Å². The van der Waals surface area contributed by atoms with Gasteiger partial charge in [-0.05, 0) is 38.0 Å². The summed E-state index contributed by atoms with van der Waals surface area (Å²) in [6.07, 6.45) is 1.08. The molecule has 6 heteroatoms. The van der Waals surface area contributed by atoms with Crippen molar-refractivity contribution in [2.75, 3.05) is 18.4 Å². The highest BCUT2D eigenvalue weighted by molar-refractivity contribution is 6.33. The van der Waals surface area contributed by atoms with E-state index in [1.54, 1.807) is 0 Å². The van der Waals surface area contributed by atoms with Crippen molar-refractivity contribution in [1.29, 1.82) is 0 Å². The zero-order valence-electron chi connectivity index (χ0n) is 11.3. The van der Waals surface area contributed by atoms with Crippen LogP contribution in [0.5, 0.6) is 0 Å². The molecule has 0 spiro atoms. The zero-order chi connectivity index (χ0) is 14.7. The standard InChI is InChI=1S/C14H18ClFN2O2/c1-9(18-6-4-11(19)5-7-18)14(20)17-13-3-2-10(16)8-12(13)15/h2-3,8-9,11,19H,4-7H2,1H3,(H,17,20). The smallest absolute Gasteiger partial charge is 0.241 e. The number of halogens is 2. The van der Waals surface area contributed by atoms with Gasteiger partial charge < -0.3 is 10.4 Å². The summed E-state index contributed by atoms with van der Waals surface area (Å²) < 4.78 is 12.9. The van der Waals surface area contributed by atoms with Crippen LogP contribution >= 0.6 is 11.6 Å². The number of nitrogens with zero attached hydrogens (tertiary/aromatic N) is 1. The third kappa shape index (κ3) is 3.69. The molecule has 0 saturated carbocycles. The van der Waals surface area contributed by atoms with E-state index in [0.717, 1.165) is 0 Å². The fraction of sp³-hybridized carbons (Fsp3) is 0.500. The average Bonchev–Trinajstić information content (AvgIpc) is 2.42. The molecule has 1 amide bonds. The predicted molar refractivity (Wildman–Crippen MR) is 76.3 cm³/mol. The van der Waals surface area contributed by atoms with Gasteiger partial charge in [0, 0.05) is 13.1 Å². The number of hydrogen-bond acceptors (Lipinski definition) is 3. The number of nitrogens with one attached hydrogen (secondary N) is 1. The lowest BCUT2D eigenvalue weighted by atomic mass is 10.1. The Hall–Kier alpha value is -1.17. The van der Waals surface area contributed by atoms with Crippen molar-refractivity contribution < 1.29 is 14.3 Å². The van der Waals surface area contributed by atoms with E-state index < -0.39 is 5.82 Å². The minimum atomic E-state index is -0.439. The summed E-state index contributed by atoms with van der Waals surface area (Å²) in [5.41, 5.74) is 0.405. The van der Waals surface area contributed by atoms with Gasteiger partial charge in [-0.15, -0.1) is 0 Å². The Labute approximate surface area is 122 Å². The SMILES string of the molecule is CC(C(=O)Nc1ccc(F)cc1Cl)N1CCC(O)CC1. The Morgan fingerprint density at radius 2 is 2.15 bits per heavy atom. The molecule has 1 heterocycles. The summed E-state index contributed by atoms with van der Waals surface area (Å²) >= 11 is 5.88. The van der Waals surface area contributed by atoms with E-state index in [4.69, 9.17) is 11.6 Å². The minimum Gasteiger partial charge on any atom is -0.393 e. The molecule has 1 aliphatic rings. The number of rotatable bonds is 3. The van der Waals surface area contributed by atoms with Crippen molar-refractivity contribution >= 4 is 23.2 Å². The molecule has 0 aromatic heterocycles. The molecular formula is C14H18ClFN2O2. The normalized spacial score (nSPS) is 18.8. The fourth-order valence-corrected chi connectivity index (χ4v) is 2.48. The summed E-state index contributed by atoms with van der Waals surface area (Å²) in [6, 6.07) is 3.55. The quantitative estimate of drug-likeness (QED) is 0.900. The summed E-state index contributed by atoms with van der Waals surface area (Å²) in [7, 11) is 0. The van der Waals surface area contributed by atoms with Crippen molar-refractivity contribution in [3.05, 3.63) is 29.0 Å². The molecule has 0 aliphatic carbocycles. The van der Waals surface area contributed by atoms with Gasteiger partial charge in [-0.2, -0.15) is 0 Å². The molecule has 4 nitrogen and oxygen atoms in total. The molecule has 20 heavy (non-hydrogen) atoms. The summed E-state index contributed by atoms with van der Waals surface area (Å²) in [4.78, 5) is 14.2. The van der Waals surface area contributed by atoms with Crippen molar-refractivity contribution in [3.63, 3.8) is 0 Å². The number of anilines is 1. The lowest BCUT2D eigenvalue weighted by Gasteiger charge is -2.33. The Morgan fingerprint density at radius 1 is 1.50 bits per heavy atom. The van der Waals surface area contributed by atoms with E-state index in [0.29, 0.717) is 31.6 Å². The molecule has 1 fully saturated rings. The van der Waals surface area contributed by atoms with Crippen LogP contribution < -0.4 is 5.32 Å². The number of carbonyl (C=O) groups excluding carboxylic acids is 1. The highest BCUT2D eigenvalue weighted by Crippen LogP contribution is 2.23. The van der Waals surface area contributed by atoms with Crippen LogP contribution in [0.4, 0.5) is 10.1 Å². The molecule has 1 atom stereocenters. The van der Waals surface area contributed by atoms with Gasteiger partial charge in [0.1, 0.15) is 5.82 Å². The molecule has 0 radical (unpaired) electrons. The van der Waals surface area contributed by atoms with E-state index in [1.807, 2.05) is 11.8 Å². The minimum absolute atomic E-state index is 0.180. The lowest BCUT2D eigenvalue weighted by molar-refractivity contribution is -0.121. The van der Waals surface area contributed by atoms with Crippen LogP contribution in [-0.2, 0) is 4.79 Å². The number of aliphatic hydroxyl groups excluding tert-OH is 1. The molecule has 110 valence electrons. The average molecular weight is 301 g/mol. The van der Waals surface area contributed by atoms with E-state index >= 15 is 0 Å². The molecule has 1 aromatic carbocycles. The van der Waals surface area contributed by atoms with Gasteiger partial charge in [0.25, 0.3) is 0 Å². The number of piperidine rings is 1. The van der Waals surface area contributed by atoms with Gasteiger partial charge in [0.2, 0.25) is 5.91 Å². The van der Waals surface area contributed by atoms with Crippen LogP contribution in [0.15, 0.2) is 18.2 Å². The second kappa shape index (κ2) is 6.52. The summed E-state index contributed by atoms with van der Waals surface area (Å²) in [5, 5.41) is 12.3. The van der Waals surface area contributed by atoms with Crippen molar-refractivity contribution in [2.24, 2.45) is 0 Å². The number of amides is 1. The van der Waals surface area contributed by atoms with Crippen molar-refractivity contribution in [3.8, 4) is 0 Å². The number of carbonyl (C=O) groups is 1. The molecule has 1 aliphatic heterocycles. The van der Waals surface area contributed by atoms with Gasteiger partial charge in [-0.25, -0.2) is 4.39 Å². The van der Waals surface area contributed by atoms with Crippen molar-refractivity contribution in [1.82, 2.24) is 4.90 Å². The Morgan fingerprint density at radius 3 is 2.75 bits per heavy atom. The van der Waals surface area contributed by atoms with Gasteiger partial charge in [0.05, 0.1) is 22.9 Å². The first-order valence-electron chi connectivity index (χ1n) is 6.65.